The van der Waals surface area contributed by atoms with E-state index in [2.05, 4.69) is 15.2 Å². The van der Waals surface area contributed by atoms with Gasteiger partial charge in [-0.25, -0.2) is 0 Å². The molecule has 0 atom stereocenters. The Bertz CT molecular complexity index is 1050. The van der Waals surface area contributed by atoms with Crippen molar-refractivity contribution in [3.63, 3.8) is 0 Å². The number of aromatic nitrogens is 3. The highest BCUT2D eigenvalue weighted by Gasteiger charge is 2.17. The average molecular weight is 363 g/mol. The molecule has 0 fully saturated rings. The Kier molecular flexibility index (Phi) is 4.58. The Balaban J connectivity index is 1.44. The van der Waals surface area contributed by atoms with Crippen LogP contribution in [0.25, 0.3) is 10.9 Å². The lowest BCUT2D eigenvalue weighted by Gasteiger charge is -1.99. The molecule has 5 nitrogen and oxygen atoms in total. The van der Waals surface area contributed by atoms with Gasteiger partial charge in [0, 0.05) is 22.2 Å². The predicted molar refractivity (Wildman–Crippen MR) is 102 cm³/mol. The first kappa shape index (κ1) is 16.6. The third-order valence-corrected chi connectivity index (χ3v) is 4.96. The first-order valence-corrected chi connectivity index (χ1v) is 9.29. The van der Waals surface area contributed by atoms with E-state index in [-0.39, 0.29) is 11.5 Å². The van der Waals surface area contributed by atoms with Crippen LogP contribution in [-0.2, 0) is 6.42 Å². The molecule has 0 unspecified atom stereocenters. The van der Waals surface area contributed by atoms with E-state index in [1.54, 1.807) is 0 Å². The van der Waals surface area contributed by atoms with Crippen molar-refractivity contribution in [2.75, 3.05) is 5.75 Å². The maximum atomic E-state index is 12.7. The molecule has 2 aromatic carbocycles. The SMILES string of the molecule is Cc1[nH]c2ccccc2c1C(=O)CSc1nnc(Cc2ccccc2)o1. The van der Waals surface area contributed by atoms with Crippen molar-refractivity contribution in [2.24, 2.45) is 0 Å². The Morgan fingerprint density at radius 3 is 2.69 bits per heavy atom. The van der Waals surface area contributed by atoms with Gasteiger partial charge in [0.25, 0.3) is 5.22 Å². The molecule has 0 radical (unpaired) electrons. The van der Waals surface area contributed by atoms with E-state index in [1.807, 2.05) is 61.5 Å². The number of nitrogens with one attached hydrogen (secondary N) is 1. The molecular formula is C20H17N3O2S. The minimum Gasteiger partial charge on any atom is -0.416 e. The fourth-order valence-electron chi connectivity index (χ4n) is 2.97. The van der Waals surface area contributed by atoms with Crippen LogP contribution in [-0.4, -0.2) is 26.7 Å². The van der Waals surface area contributed by atoms with Crippen LogP contribution in [0.5, 0.6) is 0 Å². The number of rotatable bonds is 6. The zero-order valence-electron chi connectivity index (χ0n) is 14.2. The van der Waals surface area contributed by atoms with E-state index in [0.29, 0.717) is 17.5 Å². The number of nitrogens with zero attached hydrogens (tertiary/aromatic N) is 2. The molecule has 0 saturated carbocycles. The van der Waals surface area contributed by atoms with Gasteiger partial charge in [-0.1, -0.05) is 60.3 Å². The van der Waals surface area contributed by atoms with Crippen molar-refractivity contribution in [1.29, 1.82) is 0 Å². The fourth-order valence-corrected chi connectivity index (χ4v) is 3.63. The number of aromatic amines is 1. The van der Waals surface area contributed by atoms with Gasteiger partial charge in [-0.2, -0.15) is 0 Å². The van der Waals surface area contributed by atoms with Crippen LogP contribution in [0.4, 0.5) is 0 Å². The highest BCUT2D eigenvalue weighted by Crippen LogP contribution is 2.25. The van der Waals surface area contributed by atoms with Crippen LogP contribution < -0.4 is 0 Å². The maximum absolute atomic E-state index is 12.7. The lowest BCUT2D eigenvalue weighted by Crippen LogP contribution is -2.03. The third kappa shape index (κ3) is 3.41. The van der Waals surface area contributed by atoms with Crippen LogP contribution in [0.1, 0.15) is 27.5 Å². The van der Waals surface area contributed by atoms with Gasteiger partial charge in [-0.05, 0) is 18.6 Å². The van der Waals surface area contributed by atoms with Gasteiger partial charge < -0.3 is 9.40 Å². The number of benzene rings is 2. The zero-order valence-corrected chi connectivity index (χ0v) is 15.0. The van der Waals surface area contributed by atoms with Crippen LogP contribution in [0.3, 0.4) is 0 Å². The second-order valence-corrected chi connectivity index (χ2v) is 6.93. The Hall–Kier alpha value is -2.86. The highest BCUT2D eigenvalue weighted by molar-refractivity contribution is 7.99. The van der Waals surface area contributed by atoms with Crippen molar-refractivity contribution >= 4 is 28.4 Å². The summed E-state index contributed by atoms with van der Waals surface area (Å²) in [5.41, 5.74) is 3.70. The normalized spacial score (nSPS) is 11.1. The molecular weight excluding hydrogens is 346 g/mol. The molecule has 4 rings (SSSR count). The first-order valence-electron chi connectivity index (χ1n) is 8.30. The van der Waals surface area contributed by atoms with E-state index < -0.39 is 0 Å². The van der Waals surface area contributed by atoms with Gasteiger partial charge in [-0.3, -0.25) is 4.79 Å². The molecule has 0 bridgehead atoms. The van der Waals surface area contributed by atoms with Gasteiger partial charge in [0.15, 0.2) is 5.78 Å². The molecule has 130 valence electrons. The van der Waals surface area contributed by atoms with Crippen molar-refractivity contribution in [3.8, 4) is 0 Å². The molecule has 6 heteroatoms. The number of Topliss-reactive ketones (excluding diaryl/α,β-unsaturated/α-hetero) is 1. The summed E-state index contributed by atoms with van der Waals surface area (Å²) in [4.78, 5) is 15.9. The lowest BCUT2D eigenvalue weighted by molar-refractivity contribution is 0.102. The Morgan fingerprint density at radius 1 is 1.08 bits per heavy atom. The number of hydrogen-bond acceptors (Lipinski definition) is 5. The second-order valence-electron chi connectivity index (χ2n) is 6.01. The summed E-state index contributed by atoms with van der Waals surface area (Å²) in [7, 11) is 0. The molecule has 26 heavy (non-hydrogen) atoms. The Morgan fingerprint density at radius 2 is 1.85 bits per heavy atom. The number of para-hydroxylation sites is 1. The van der Waals surface area contributed by atoms with Gasteiger partial charge in [0.1, 0.15) is 0 Å². The third-order valence-electron chi connectivity index (χ3n) is 4.15. The number of ketones is 1. The van der Waals surface area contributed by atoms with Gasteiger partial charge >= 0.3 is 0 Å². The number of hydrogen-bond donors (Lipinski definition) is 1. The van der Waals surface area contributed by atoms with Crippen LogP contribution in [0, 0.1) is 6.92 Å². The van der Waals surface area contributed by atoms with E-state index >= 15 is 0 Å². The first-order chi connectivity index (χ1) is 12.7. The minimum absolute atomic E-state index is 0.0489. The van der Waals surface area contributed by atoms with Crippen molar-refractivity contribution < 1.29 is 9.21 Å². The second kappa shape index (κ2) is 7.17. The molecule has 1 N–H and O–H groups in total. The standard InChI is InChI=1S/C20H17N3O2S/c1-13-19(15-9-5-6-10-16(15)21-13)17(24)12-26-20-23-22-18(25-20)11-14-7-3-2-4-8-14/h2-10,21H,11-12H2,1H3. The topological polar surface area (TPSA) is 71.8 Å². The summed E-state index contributed by atoms with van der Waals surface area (Å²) < 4.78 is 5.65. The van der Waals surface area contributed by atoms with Crippen LogP contribution in [0.15, 0.2) is 64.2 Å². The number of H-pyrrole nitrogens is 1. The summed E-state index contributed by atoms with van der Waals surface area (Å²) in [5.74, 6) is 0.859. The Labute approximate surface area is 154 Å². The summed E-state index contributed by atoms with van der Waals surface area (Å²) in [5, 5.41) is 9.47. The molecule has 0 aliphatic heterocycles. The summed E-state index contributed by atoms with van der Waals surface area (Å²) in [6.45, 7) is 1.92. The van der Waals surface area contributed by atoms with Crippen LogP contribution in [0.2, 0.25) is 0 Å². The monoisotopic (exact) mass is 363 g/mol. The molecule has 0 amide bonds. The van der Waals surface area contributed by atoms with Gasteiger partial charge in [0.2, 0.25) is 5.89 Å². The highest BCUT2D eigenvalue weighted by atomic mass is 32.2. The maximum Gasteiger partial charge on any atom is 0.277 e. The van der Waals surface area contributed by atoms with Crippen molar-refractivity contribution in [3.05, 3.63) is 77.3 Å². The number of fused-ring (bicyclic) bond motifs is 1. The fraction of sp³-hybridized carbons (Fsp3) is 0.150. The molecule has 0 saturated heterocycles. The van der Waals surface area contributed by atoms with E-state index in [0.717, 1.165) is 27.7 Å². The molecule has 2 heterocycles. The van der Waals surface area contributed by atoms with E-state index in [9.17, 15) is 4.79 Å². The molecule has 0 spiro atoms. The zero-order chi connectivity index (χ0) is 17.9. The lowest BCUT2D eigenvalue weighted by atomic mass is 10.1. The predicted octanol–water partition coefficient (Wildman–Crippen LogP) is 4.43. The minimum atomic E-state index is 0.0489. The number of carbonyl (C=O) groups excluding carboxylic acids is 1. The number of carbonyl (C=O) groups is 1. The largest absolute Gasteiger partial charge is 0.416 e. The van der Waals surface area contributed by atoms with Gasteiger partial charge in [0.05, 0.1) is 12.2 Å². The number of aryl methyl sites for hydroxylation is 1. The quantitative estimate of drug-likeness (QED) is 0.405. The summed E-state index contributed by atoms with van der Waals surface area (Å²) in [6, 6.07) is 17.8. The van der Waals surface area contributed by atoms with E-state index in [1.165, 1.54) is 11.8 Å². The summed E-state index contributed by atoms with van der Waals surface area (Å²) >= 11 is 1.27. The van der Waals surface area contributed by atoms with Crippen molar-refractivity contribution in [2.45, 2.75) is 18.6 Å². The smallest absolute Gasteiger partial charge is 0.277 e. The van der Waals surface area contributed by atoms with Crippen LogP contribution >= 0.6 is 11.8 Å². The van der Waals surface area contributed by atoms with Gasteiger partial charge in [-0.15, -0.1) is 10.2 Å². The molecule has 2 aromatic heterocycles. The summed E-state index contributed by atoms with van der Waals surface area (Å²) in [6.07, 6.45) is 0.587. The molecule has 0 aliphatic rings. The van der Waals surface area contributed by atoms with Crippen molar-refractivity contribution in [1.82, 2.24) is 15.2 Å². The van der Waals surface area contributed by atoms with E-state index in [4.69, 9.17) is 4.42 Å². The molecule has 0 aliphatic carbocycles. The average Bonchev–Trinajstić information content (AvgIpc) is 3.23. The molecule has 4 aromatic rings. The number of thioether (sulfide) groups is 1.